The zero-order chi connectivity index (χ0) is 17.1. The minimum Gasteiger partial charge on any atom is -0.478 e. The number of aryl methyl sites for hydroxylation is 1. The van der Waals surface area contributed by atoms with Crippen LogP contribution in [0.2, 0.25) is 0 Å². The number of rotatable bonds is 4. The van der Waals surface area contributed by atoms with Crippen LogP contribution >= 0.6 is 0 Å². The van der Waals surface area contributed by atoms with E-state index in [-0.39, 0.29) is 11.5 Å². The molecule has 2 aromatic rings. The maximum Gasteiger partial charge on any atom is 0.335 e. The Morgan fingerprint density at radius 3 is 2.71 bits per heavy atom. The van der Waals surface area contributed by atoms with Gasteiger partial charge in [0.1, 0.15) is 0 Å². The third-order valence-corrected chi connectivity index (χ3v) is 4.28. The number of carboxylic acid groups (broad SMARTS) is 1. The van der Waals surface area contributed by atoms with Gasteiger partial charge >= 0.3 is 5.97 Å². The number of aromatic carboxylic acids is 1. The summed E-state index contributed by atoms with van der Waals surface area (Å²) in [5, 5.41) is 11.9. The Hall–Kier alpha value is -2.66. The van der Waals surface area contributed by atoms with Gasteiger partial charge in [-0.15, -0.1) is 0 Å². The maximum absolute atomic E-state index is 12.5. The van der Waals surface area contributed by atoms with E-state index in [0.717, 1.165) is 24.2 Å². The van der Waals surface area contributed by atoms with Crippen LogP contribution in [0, 0.1) is 6.92 Å². The predicted octanol–water partition coefficient (Wildman–Crippen LogP) is 3.45. The molecule has 0 saturated carbocycles. The molecule has 0 bridgehead atoms. The van der Waals surface area contributed by atoms with Crippen molar-refractivity contribution in [1.82, 2.24) is 0 Å². The summed E-state index contributed by atoms with van der Waals surface area (Å²) in [7, 11) is 0. The van der Waals surface area contributed by atoms with Crippen molar-refractivity contribution in [3.8, 4) is 0 Å². The molecule has 1 atom stereocenters. The van der Waals surface area contributed by atoms with Crippen molar-refractivity contribution in [1.29, 1.82) is 0 Å². The average molecular weight is 325 g/mol. The SMILES string of the molecule is Cc1ccc(C(=O)O)cc1NC(=O)c1cccc(C2CCOC2)c1. The molecule has 1 aliphatic rings. The molecule has 0 spiro atoms. The largest absolute Gasteiger partial charge is 0.478 e. The maximum atomic E-state index is 12.5. The third-order valence-electron chi connectivity index (χ3n) is 4.28. The lowest BCUT2D eigenvalue weighted by molar-refractivity contribution is 0.0696. The zero-order valence-corrected chi connectivity index (χ0v) is 13.4. The molecule has 5 heteroatoms. The molecule has 1 unspecified atom stereocenters. The Morgan fingerprint density at radius 1 is 1.17 bits per heavy atom. The number of anilines is 1. The lowest BCUT2D eigenvalue weighted by atomic mass is 9.96. The number of hydrogen-bond acceptors (Lipinski definition) is 3. The molecule has 1 heterocycles. The van der Waals surface area contributed by atoms with Crippen molar-refractivity contribution in [3.05, 3.63) is 64.7 Å². The molecule has 1 saturated heterocycles. The number of amides is 1. The van der Waals surface area contributed by atoms with Gasteiger partial charge in [0.25, 0.3) is 5.91 Å². The van der Waals surface area contributed by atoms with Crippen molar-refractivity contribution >= 4 is 17.6 Å². The van der Waals surface area contributed by atoms with Gasteiger partial charge in [-0.3, -0.25) is 4.79 Å². The number of carbonyl (C=O) groups excluding carboxylic acids is 1. The monoisotopic (exact) mass is 325 g/mol. The molecule has 2 N–H and O–H groups in total. The van der Waals surface area contributed by atoms with E-state index in [1.807, 2.05) is 25.1 Å². The summed E-state index contributed by atoms with van der Waals surface area (Å²) < 4.78 is 5.40. The smallest absolute Gasteiger partial charge is 0.335 e. The van der Waals surface area contributed by atoms with Gasteiger partial charge in [0.2, 0.25) is 0 Å². The summed E-state index contributed by atoms with van der Waals surface area (Å²) in [6.45, 7) is 3.26. The van der Waals surface area contributed by atoms with Crippen LogP contribution in [0.1, 0.15) is 44.2 Å². The van der Waals surface area contributed by atoms with Crippen LogP contribution in [-0.2, 0) is 4.74 Å². The lowest BCUT2D eigenvalue weighted by Gasteiger charge is -2.12. The Bertz CT molecular complexity index is 779. The lowest BCUT2D eigenvalue weighted by Crippen LogP contribution is -2.14. The van der Waals surface area contributed by atoms with E-state index in [9.17, 15) is 9.59 Å². The summed E-state index contributed by atoms with van der Waals surface area (Å²) in [6.07, 6.45) is 0.963. The molecule has 0 radical (unpaired) electrons. The molecule has 124 valence electrons. The van der Waals surface area contributed by atoms with Gasteiger partial charge in [-0.2, -0.15) is 0 Å². The van der Waals surface area contributed by atoms with Crippen LogP contribution in [0.3, 0.4) is 0 Å². The van der Waals surface area contributed by atoms with Crippen LogP contribution in [0.4, 0.5) is 5.69 Å². The summed E-state index contributed by atoms with van der Waals surface area (Å²) in [4.78, 5) is 23.6. The molecule has 24 heavy (non-hydrogen) atoms. The molecule has 2 aromatic carbocycles. The number of hydrogen-bond donors (Lipinski definition) is 2. The first-order chi connectivity index (χ1) is 11.5. The molecular formula is C19H19NO4. The highest BCUT2D eigenvalue weighted by atomic mass is 16.5. The number of benzene rings is 2. The fraction of sp³-hybridized carbons (Fsp3) is 0.263. The Labute approximate surface area is 140 Å². The summed E-state index contributed by atoms with van der Waals surface area (Å²) in [5.74, 6) is -0.940. The summed E-state index contributed by atoms with van der Waals surface area (Å²) >= 11 is 0. The van der Waals surface area contributed by atoms with Gasteiger partial charge < -0.3 is 15.2 Å². The van der Waals surface area contributed by atoms with Crippen LogP contribution in [0.25, 0.3) is 0 Å². The van der Waals surface area contributed by atoms with E-state index in [4.69, 9.17) is 9.84 Å². The van der Waals surface area contributed by atoms with Gasteiger partial charge in [0.05, 0.1) is 12.2 Å². The van der Waals surface area contributed by atoms with Gasteiger partial charge in [-0.1, -0.05) is 18.2 Å². The Kier molecular flexibility index (Phi) is 4.62. The van der Waals surface area contributed by atoms with E-state index in [0.29, 0.717) is 23.8 Å². The molecular weight excluding hydrogens is 306 g/mol. The second kappa shape index (κ2) is 6.84. The van der Waals surface area contributed by atoms with Crippen molar-refractivity contribution in [3.63, 3.8) is 0 Å². The van der Waals surface area contributed by atoms with E-state index < -0.39 is 5.97 Å². The third kappa shape index (κ3) is 3.46. The highest BCUT2D eigenvalue weighted by molar-refractivity contribution is 6.05. The molecule has 0 aromatic heterocycles. The number of carbonyl (C=O) groups is 2. The Morgan fingerprint density at radius 2 is 2.00 bits per heavy atom. The second-order valence-electron chi connectivity index (χ2n) is 5.97. The van der Waals surface area contributed by atoms with E-state index in [1.165, 1.54) is 12.1 Å². The van der Waals surface area contributed by atoms with Crippen LogP contribution < -0.4 is 5.32 Å². The van der Waals surface area contributed by atoms with E-state index >= 15 is 0 Å². The van der Waals surface area contributed by atoms with Crippen molar-refractivity contribution < 1.29 is 19.4 Å². The first-order valence-corrected chi connectivity index (χ1v) is 7.87. The van der Waals surface area contributed by atoms with Crippen molar-refractivity contribution in [2.24, 2.45) is 0 Å². The highest BCUT2D eigenvalue weighted by Crippen LogP contribution is 2.26. The molecule has 3 rings (SSSR count). The fourth-order valence-electron chi connectivity index (χ4n) is 2.82. The Balaban J connectivity index is 1.81. The van der Waals surface area contributed by atoms with Gasteiger partial charge in [0, 0.05) is 23.8 Å². The van der Waals surface area contributed by atoms with Crippen LogP contribution in [0.15, 0.2) is 42.5 Å². The van der Waals surface area contributed by atoms with Gasteiger partial charge in [-0.25, -0.2) is 4.79 Å². The normalized spacial score (nSPS) is 16.8. The molecule has 5 nitrogen and oxygen atoms in total. The number of carboxylic acids is 1. The van der Waals surface area contributed by atoms with E-state index in [2.05, 4.69) is 5.32 Å². The molecule has 1 amide bonds. The number of ether oxygens (including phenoxy) is 1. The van der Waals surface area contributed by atoms with Gasteiger partial charge in [-0.05, 0) is 48.7 Å². The van der Waals surface area contributed by atoms with Crippen molar-refractivity contribution in [2.75, 3.05) is 18.5 Å². The zero-order valence-electron chi connectivity index (χ0n) is 13.4. The van der Waals surface area contributed by atoms with Crippen molar-refractivity contribution in [2.45, 2.75) is 19.3 Å². The molecule has 1 fully saturated rings. The predicted molar refractivity (Wildman–Crippen MR) is 90.7 cm³/mol. The van der Waals surface area contributed by atoms with E-state index in [1.54, 1.807) is 12.1 Å². The quantitative estimate of drug-likeness (QED) is 0.903. The minimum atomic E-state index is -1.02. The fourth-order valence-corrected chi connectivity index (χ4v) is 2.82. The molecule has 1 aliphatic heterocycles. The molecule has 0 aliphatic carbocycles. The highest BCUT2D eigenvalue weighted by Gasteiger charge is 2.19. The van der Waals surface area contributed by atoms with Crippen LogP contribution in [-0.4, -0.2) is 30.2 Å². The standard InChI is InChI=1S/C19H19NO4/c1-12-5-6-15(19(22)23)10-17(12)20-18(21)14-4-2-3-13(9-14)16-7-8-24-11-16/h2-6,9-10,16H,7-8,11H2,1H3,(H,20,21)(H,22,23). The summed E-state index contributed by atoms with van der Waals surface area (Å²) in [5.41, 5.74) is 3.12. The summed E-state index contributed by atoms with van der Waals surface area (Å²) in [6, 6.07) is 12.2. The average Bonchev–Trinajstić information content (AvgIpc) is 3.11. The first-order valence-electron chi connectivity index (χ1n) is 7.87. The second-order valence-corrected chi connectivity index (χ2v) is 5.97. The van der Waals surface area contributed by atoms with Crippen LogP contribution in [0.5, 0.6) is 0 Å². The first kappa shape index (κ1) is 16.2. The minimum absolute atomic E-state index is 0.146. The number of nitrogens with one attached hydrogen (secondary N) is 1. The topological polar surface area (TPSA) is 75.6 Å². The van der Waals surface area contributed by atoms with Gasteiger partial charge in [0.15, 0.2) is 0 Å².